The van der Waals surface area contributed by atoms with Crippen molar-refractivity contribution in [2.45, 2.75) is 6.92 Å². The van der Waals surface area contributed by atoms with Gasteiger partial charge in [-0.3, -0.25) is 0 Å². The second-order valence-corrected chi connectivity index (χ2v) is 8.26. The Morgan fingerprint density at radius 2 is 1.00 bits per heavy atom. The summed E-state index contributed by atoms with van der Waals surface area (Å²) in [5.41, 5.74) is 1.21. The zero-order valence-corrected chi connectivity index (χ0v) is 17.7. The van der Waals surface area contributed by atoms with E-state index in [2.05, 4.69) is 43.3 Å². The van der Waals surface area contributed by atoms with Crippen molar-refractivity contribution in [1.82, 2.24) is 0 Å². The van der Waals surface area contributed by atoms with Crippen LogP contribution >= 0.6 is 7.92 Å². The van der Waals surface area contributed by atoms with Gasteiger partial charge >= 0.3 is 0 Å². The first-order chi connectivity index (χ1) is 13.7. The van der Waals surface area contributed by atoms with Crippen LogP contribution in [0.2, 0.25) is 0 Å². The molecular formula is C23H25O4P. The summed E-state index contributed by atoms with van der Waals surface area (Å²) in [6, 6.07) is 20.4. The van der Waals surface area contributed by atoms with E-state index in [1.165, 1.54) is 10.9 Å². The molecule has 3 aromatic rings. The Labute approximate surface area is 167 Å². The second kappa shape index (κ2) is 8.99. The van der Waals surface area contributed by atoms with Gasteiger partial charge in [0.25, 0.3) is 0 Å². The molecule has 0 radical (unpaired) electrons. The molecule has 146 valence electrons. The zero-order chi connectivity index (χ0) is 20.1. The van der Waals surface area contributed by atoms with Gasteiger partial charge in [-0.1, -0.05) is 36.4 Å². The molecule has 0 aromatic heterocycles. The van der Waals surface area contributed by atoms with Crippen LogP contribution in [-0.4, -0.2) is 28.4 Å². The highest BCUT2D eigenvalue weighted by atomic mass is 31.1. The molecule has 28 heavy (non-hydrogen) atoms. The molecule has 5 heteroatoms. The standard InChI is InChI=1S/C23H25O4P/c1-16-10-6-7-13-19(16)28(20-14-8-11-17(24-2)22(20)26-4)21-15-9-12-18(25-3)23(21)27-5/h6-15H,1-5H3. The fraction of sp³-hybridized carbons (Fsp3) is 0.217. The molecule has 0 aliphatic carbocycles. The second-order valence-electron chi connectivity index (χ2n) is 6.15. The van der Waals surface area contributed by atoms with Gasteiger partial charge < -0.3 is 18.9 Å². The van der Waals surface area contributed by atoms with Gasteiger partial charge in [-0.15, -0.1) is 0 Å². The van der Waals surface area contributed by atoms with Crippen molar-refractivity contribution < 1.29 is 18.9 Å². The normalized spacial score (nSPS) is 10.6. The fourth-order valence-corrected chi connectivity index (χ4v) is 6.02. The number of rotatable bonds is 7. The molecule has 0 spiro atoms. The lowest BCUT2D eigenvalue weighted by atomic mass is 10.2. The minimum Gasteiger partial charge on any atom is -0.493 e. The highest BCUT2D eigenvalue weighted by molar-refractivity contribution is 7.80. The largest absolute Gasteiger partial charge is 0.493 e. The van der Waals surface area contributed by atoms with Gasteiger partial charge in [0.1, 0.15) is 0 Å². The third kappa shape index (κ3) is 3.65. The summed E-state index contributed by atoms with van der Waals surface area (Å²) in [7, 11) is 5.69. The van der Waals surface area contributed by atoms with Gasteiger partial charge in [-0.2, -0.15) is 0 Å². The number of hydrogen-bond donors (Lipinski definition) is 0. The number of para-hydroxylation sites is 2. The predicted octanol–water partition coefficient (Wildman–Crippen LogP) is 3.79. The van der Waals surface area contributed by atoms with Crippen LogP contribution in [0.5, 0.6) is 23.0 Å². The van der Waals surface area contributed by atoms with Crippen LogP contribution < -0.4 is 34.9 Å². The Hall–Kier alpha value is -2.71. The van der Waals surface area contributed by atoms with Crippen molar-refractivity contribution in [1.29, 1.82) is 0 Å². The van der Waals surface area contributed by atoms with Crippen molar-refractivity contribution in [2.24, 2.45) is 0 Å². The summed E-state index contributed by atoms with van der Waals surface area (Å²) in [5, 5.41) is 3.37. The van der Waals surface area contributed by atoms with Gasteiger partial charge in [0.15, 0.2) is 23.0 Å². The van der Waals surface area contributed by atoms with E-state index >= 15 is 0 Å². The number of methoxy groups -OCH3 is 4. The van der Waals surface area contributed by atoms with Crippen LogP contribution in [-0.2, 0) is 0 Å². The summed E-state index contributed by atoms with van der Waals surface area (Å²) in [4.78, 5) is 0. The summed E-state index contributed by atoms with van der Waals surface area (Å²) in [5.74, 6) is 2.90. The van der Waals surface area contributed by atoms with Crippen LogP contribution in [0, 0.1) is 6.92 Å². The summed E-state index contributed by atoms with van der Waals surface area (Å²) in [6.45, 7) is 2.13. The maximum Gasteiger partial charge on any atom is 0.169 e. The van der Waals surface area contributed by atoms with E-state index in [0.717, 1.165) is 22.1 Å². The van der Waals surface area contributed by atoms with Gasteiger partial charge in [0, 0.05) is 10.6 Å². The molecule has 0 aliphatic heterocycles. The first-order valence-corrected chi connectivity index (χ1v) is 10.3. The van der Waals surface area contributed by atoms with Crippen molar-refractivity contribution in [3.8, 4) is 23.0 Å². The highest BCUT2D eigenvalue weighted by Crippen LogP contribution is 2.44. The Balaban J connectivity index is 2.35. The smallest absolute Gasteiger partial charge is 0.169 e. The fourth-order valence-electron chi connectivity index (χ4n) is 3.30. The number of aryl methyl sites for hydroxylation is 1. The lowest BCUT2D eigenvalue weighted by Gasteiger charge is -2.26. The van der Waals surface area contributed by atoms with Crippen molar-refractivity contribution in [3.05, 3.63) is 66.2 Å². The molecule has 0 bridgehead atoms. The minimum atomic E-state index is -0.974. The van der Waals surface area contributed by atoms with Crippen LogP contribution in [0.25, 0.3) is 0 Å². The molecule has 0 amide bonds. The Bertz CT molecular complexity index is 900. The Kier molecular flexibility index (Phi) is 6.43. The summed E-state index contributed by atoms with van der Waals surface area (Å²) in [6.07, 6.45) is 0. The quantitative estimate of drug-likeness (QED) is 0.570. The van der Waals surface area contributed by atoms with Gasteiger partial charge in [0.05, 0.1) is 28.4 Å². The zero-order valence-electron chi connectivity index (χ0n) is 16.9. The minimum absolute atomic E-state index is 0.711. The predicted molar refractivity (Wildman–Crippen MR) is 116 cm³/mol. The third-order valence-electron chi connectivity index (χ3n) is 4.60. The first-order valence-electron chi connectivity index (χ1n) is 8.94. The average Bonchev–Trinajstić information content (AvgIpc) is 2.74. The first kappa shape index (κ1) is 20.0. The van der Waals surface area contributed by atoms with Gasteiger partial charge in [-0.05, 0) is 50.0 Å². The molecule has 0 aliphatic rings. The van der Waals surface area contributed by atoms with Crippen LogP contribution in [0.3, 0.4) is 0 Å². The van der Waals surface area contributed by atoms with Crippen molar-refractivity contribution >= 4 is 23.8 Å². The molecule has 3 rings (SSSR count). The average molecular weight is 396 g/mol. The number of hydrogen-bond acceptors (Lipinski definition) is 4. The number of ether oxygens (including phenoxy) is 4. The Morgan fingerprint density at radius 3 is 1.43 bits per heavy atom. The van der Waals surface area contributed by atoms with E-state index in [-0.39, 0.29) is 0 Å². The van der Waals surface area contributed by atoms with E-state index in [0.29, 0.717) is 11.5 Å². The molecule has 0 heterocycles. The van der Waals surface area contributed by atoms with Crippen LogP contribution in [0.15, 0.2) is 60.7 Å². The molecule has 0 saturated heterocycles. The van der Waals surface area contributed by atoms with Gasteiger partial charge in [0.2, 0.25) is 0 Å². The monoisotopic (exact) mass is 396 g/mol. The molecular weight excluding hydrogens is 371 g/mol. The molecule has 0 saturated carbocycles. The molecule has 3 aromatic carbocycles. The maximum atomic E-state index is 5.78. The number of benzene rings is 3. The van der Waals surface area contributed by atoms with E-state index in [1.54, 1.807) is 28.4 Å². The molecule has 0 N–H and O–H groups in total. The summed E-state index contributed by atoms with van der Waals surface area (Å²) < 4.78 is 22.7. The van der Waals surface area contributed by atoms with Crippen LogP contribution in [0.4, 0.5) is 0 Å². The van der Waals surface area contributed by atoms with Crippen LogP contribution in [0.1, 0.15) is 5.56 Å². The van der Waals surface area contributed by atoms with E-state index in [9.17, 15) is 0 Å². The molecule has 0 atom stereocenters. The lowest BCUT2D eigenvalue weighted by molar-refractivity contribution is 0.357. The third-order valence-corrected chi connectivity index (χ3v) is 7.25. The van der Waals surface area contributed by atoms with E-state index in [4.69, 9.17) is 18.9 Å². The van der Waals surface area contributed by atoms with E-state index in [1.807, 2.05) is 24.3 Å². The topological polar surface area (TPSA) is 36.9 Å². The highest BCUT2D eigenvalue weighted by Gasteiger charge is 2.27. The molecule has 4 nitrogen and oxygen atoms in total. The lowest BCUT2D eigenvalue weighted by Crippen LogP contribution is -2.25. The molecule has 0 unspecified atom stereocenters. The van der Waals surface area contributed by atoms with Crippen molar-refractivity contribution in [3.63, 3.8) is 0 Å². The van der Waals surface area contributed by atoms with E-state index < -0.39 is 7.92 Å². The maximum absolute atomic E-state index is 5.78. The molecule has 0 fully saturated rings. The Morgan fingerprint density at radius 1 is 0.536 bits per heavy atom. The SMILES string of the molecule is COc1cccc(P(c2ccccc2C)c2cccc(OC)c2OC)c1OC. The van der Waals surface area contributed by atoms with Crippen molar-refractivity contribution in [2.75, 3.05) is 28.4 Å². The summed E-state index contributed by atoms with van der Waals surface area (Å²) >= 11 is 0. The van der Waals surface area contributed by atoms with Gasteiger partial charge in [-0.25, -0.2) is 0 Å².